The number of piperidine rings is 1. The molecule has 6 unspecified atom stereocenters. The number of ether oxygens (including phenoxy) is 1. The predicted octanol–water partition coefficient (Wildman–Crippen LogP) is 1.04. The lowest BCUT2D eigenvalue weighted by atomic mass is 9.39. The second-order valence-electron chi connectivity index (χ2n) is 9.17. The standard InChI is InChI=1S/C21H24N2O3/c1-26-17(25)14-11-19-7-4-10-23-16(24)12-20(18(19)23)13-5-2-3-6-15(13)22-21(14,20)9-8-19/h2-3,5-6,14,18,22H,4,7-12H2,1H3/p+1. The molecule has 136 valence electrons. The minimum atomic E-state index is -0.370. The summed E-state index contributed by atoms with van der Waals surface area (Å²) in [5, 5.41) is 3.81. The number of hydrogen-bond acceptors (Lipinski definition) is 4. The van der Waals surface area contributed by atoms with Crippen LogP contribution in [0.4, 0.5) is 5.69 Å². The molecule has 0 aromatic heterocycles. The van der Waals surface area contributed by atoms with Crippen LogP contribution in [0.25, 0.3) is 0 Å². The summed E-state index contributed by atoms with van der Waals surface area (Å²) in [6, 6.07) is 8.76. The van der Waals surface area contributed by atoms with Crippen LogP contribution < -0.4 is 10.2 Å². The highest BCUT2D eigenvalue weighted by Crippen LogP contribution is 2.71. The van der Waals surface area contributed by atoms with Crippen molar-refractivity contribution in [1.29, 1.82) is 0 Å². The van der Waals surface area contributed by atoms with Crippen LogP contribution in [0.5, 0.6) is 0 Å². The Hall–Kier alpha value is -1.88. The van der Waals surface area contributed by atoms with E-state index in [4.69, 9.17) is 4.74 Å². The van der Waals surface area contributed by atoms with Crippen LogP contribution in [-0.2, 0) is 19.7 Å². The summed E-state index contributed by atoms with van der Waals surface area (Å²) in [7, 11) is 1.50. The number of amides is 1. The third kappa shape index (κ3) is 1.36. The molecule has 3 heterocycles. The summed E-state index contributed by atoms with van der Waals surface area (Å²) in [4.78, 5) is 27.3. The number of carbonyl (C=O) groups excluding carboxylic acids is 2. The smallest absolute Gasteiger partial charge is 0.313 e. The quantitative estimate of drug-likeness (QED) is 0.741. The fourth-order valence-electron chi connectivity index (χ4n) is 8.02. The fraction of sp³-hybridized carbons (Fsp3) is 0.619. The van der Waals surface area contributed by atoms with Crippen molar-refractivity contribution in [2.45, 2.75) is 55.5 Å². The summed E-state index contributed by atoms with van der Waals surface area (Å²) in [6.45, 7) is 0.953. The first-order chi connectivity index (χ1) is 12.6. The second kappa shape index (κ2) is 4.50. The van der Waals surface area contributed by atoms with E-state index >= 15 is 0 Å². The second-order valence-corrected chi connectivity index (χ2v) is 9.17. The fourth-order valence-corrected chi connectivity index (χ4v) is 8.02. The summed E-state index contributed by atoms with van der Waals surface area (Å²) in [5.74, 6) is 0.0817. The molecule has 3 aliphatic carbocycles. The molecule has 2 N–H and O–H groups in total. The monoisotopic (exact) mass is 353 g/mol. The lowest BCUT2D eigenvalue weighted by Gasteiger charge is -2.66. The van der Waals surface area contributed by atoms with Crippen molar-refractivity contribution in [3.63, 3.8) is 0 Å². The molecular weight excluding hydrogens is 328 g/mol. The Morgan fingerprint density at radius 3 is 2.96 bits per heavy atom. The molecule has 1 aromatic rings. The van der Waals surface area contributed by atoms with Crippen LogP contribution in [0.1, 0.15) is 44.1 Å². The molecule has 1 amide bonds. The molecule has 0 radical (unpaired) electrons. The molecule has 1 aromatic carbocycles. The molecule has 26 heavy (non-hydrogen) atoms. The van der Waals surface area contributed by atoms with Gasteiger partial charge in [-0.15, -0.1) is 0 Å². The van der Waals surface area contributed by atoms with Gasteiger partial charge in [-0.05, 0) is 43.7 Å². The molecule has 7 rings (SSSR count). The topological polar surface area (TPSA) is 59.8 Å². The van der Waals surface area contributed by atoms with Gasteiger partial charge in [-0.25, -0.2) is 4.79 Å². The highest BCUT2D eigenvalue weighted by atomic mass is 16.5. The number of hydrogen-bond donors (Lipinski definition) is 2. The minimum absolute atomic E-state index is 0.0967. The first-order valence-electron chi connectivity index (χ1n) is 9.92. The minimum Gasteiger partial charge on any atom is -0.469 e. The summed E-state index contributed by atoms with van der Waals surface area (Å²) in [6.07, 6.45) is 5.73. The molecule has 2 bridgehead atoms. The highest BCUT2D eigenvalue weighted by Gasteiger charge is 2.83. The van der Waals surface area contributed by atoms with E-state index in [0.29, 0.717) is 18.4 Å². The van der Waals surface area contributed by atoms with Gasteiger partial charge in [0.1, 0.15) is 6.04 Å². The molecule has 5 nitrogen and oxygen atoms in total. The van der Waals surface area contributed by atoms with E-state index in [0.717, 1.165) is 44.3 Å². The molecule has 6 atom stereocenters. The van der Waals surface area contributed by atoms with Crippen molar-refractivity contribution in [2.24, 2.45) is 11.3 Å². The third-order valence-corrected chi connectivity index (χ3v) is 8.64. The van der Waals surface area contributed by atoms with Crippen molar-refractivity contribution in [3.05, 3.63) is 29.8 Å². The molecule has 3 spiro atoms. The lowest BCUT2D eigenvalue weighted by Crippen LogP contribution is -3.20. The molecule has 3 aliphatic heterocycles. The number of anilines is 1. The normalized spacial score (nSPS) is 47.0. The van der Waals surface area contributed by atoms with Gasteiger partial charge in [-0.2, -0.15) is 0 Å². The Bertz CT molecular complexity index is 853. The Balaban J connectivity index is 1.67. The van der Waals surface area contributed by atoms with E-state index in [-0.39, 0.29) is 28.3 Å². The van der Waals surface area contributed by atoms with Crippen molar-refractivity contribution < 1.29 is 19.2 Å². The Labute approximate surface area is 153 Å². The van der Waals surface area contributed by atoms with E-state index in [9.17, 15) is 9.59 Å². The Morgan fingerprint density at radius 1 is 1.27 bits per heavy atom. The summed E-state index contributed by atoms with van der Waals surface area (Å²) in [5.41, 5.74) is 1.86. The van der Waals surface area contributed by atoms with E-state index < -0.39 is 0 Å². The number of methoxy groups -OCH3 is 1. The zero-order valence-corrected chi connectivity index (χ0v) is 15.1. The highest BCUT2D eigenvalue weighted by molar-refractivity contribution is 5.84. The molecule has 5 heteroatoms. The van der Waals surface area contributed by atoms with Crippen molar-refractivity contribution in [1.82, 2.24) is 0 Å². The number of para-hydroxylation sites is 1. The van der Waals surface area contributed by atoms with E-state index in [1.807, 2.05) is 6.07 Å². The average molecular weight is 353 g/mol. The van der Waals surface area contributed by atoms with Crippen LogP contribution >= 0.6 is 0 Å². The average Bonchev–Trinajstić information content (AvgIpc) is 3.14. The van der Waals surface area contributed by atoms with Crippen molar-refractivity contribution in [3.8, 4) is 0 Å². The Kier molecular flexibility index (Phi) is 2.63. The third-order valence-electron chi connectivity index (χ3n) is 8.64. The number of carbonyl (C=O) groups is 2. The predicted molar refractivity (Wildman–Crippen MR) is 94.7 cm³/mol. The van der Waals surface area contributed by atoms with Gasteiger partial charge < -0.3 is 10.1 Å². The number of fused-ring (bicyclic) bond motifs is 3. The number of benzene rings is 1. The number of rotatable bonds is 1. The van der Waals surface area contributed by atoms with Crippen LogP contribution in [0.2, 0.25) is 0 Å². The van der Waals surface area contributed by atoms with Gasteiger partial charge in [0.2, 0.25) is 0 Å². The van der Waals surface area contributed by atoms with E-state index in [1.54, 1.807) is 0 Å². The van der Waals surface area contributed by atoms with Gasteiger partial charge in [0.15, 0.2) is 0 Å². The van der Waals surface area contributed by atoms with Crippen LogP contribution in [-0.4, -0.2) is 37.1 Å². The first kappa shape index (κ1) is 15.2. The van der Waals surface area contributed by atoms with Crippen molar-refractivity contribution >= 4 is 17.6 Å². The summed E-state index contributed by atoms with van der Waals surface area (Å²) >= 11 is 0. The van der Waals surface area contributed by atoms with Gasteiger partial charge in [0.25, 0.3) is 0 Å². The maximum Gasteiger partial charge on any atom is 0.313 e. The maximum absolute atomic E-state index is 13.2. The molecule has 2 saturated heterocycles. The molecule has 3 saturated carbocycles. The molecular formula is C21H25N2O3+. The van der Waals surface area contributed by atoms with Gasteiger partial charge in [-0.1, -0.05) is 18.2 Å². The largest absolute Gasteiger partial charge is 0.469 e. The first-order valence-corrected chi connectivity index (χ1v) is 9.92. The number of nitrogens with one attached hydrogen (secondary N) is 2. The van der Waals surface area contributed by atoms with Gasteiger partial charge in [-0.3, -0.25) is 9.69 Å². The lowest BCUT2D eigenvalue weighted by molar-refractivity contribution is -0.863. The van der Waals surface area contributed by atoms with Crippen LogP contribution in [0.3, 0.4) is 0 Å². The van der Waals surface area contributed by atoms with Crippen molar-refractivity contribution in [2.75, 3.05) is 19.0 Å². The van der Waals surface area contributed by atoms with Gasteiger partial charge >= 0.3 is 11.9 Å². The maximum atomic E-state index is 13.2. The van der Waals surface area contributed by atoms with Gasteiger partial charge in [0, 0.05) is 11.1 Å². The van der Waals surface area contributed by atoms with Crippen LogP contribution in [0, 0.1) is 11.3 Å². The van der Waals surface area contributed by atoms with E-state index in [1.165, 1.54) is 17.6 Å². The van der Waals surface area contributed by atoms with Crippen LogP contribution in [0.15, 0.2) is 24.3 Å². The SMILES string of the molecule is COC(=O)C1CC23CCC[NH+]4C(=O)CC5(c6ccccc6NC15CC2)C43. The zero-order valence-electron chi connectivity index (χ0n) is 15.1. The number of esters is 1. The van der Waals surface area contributed by atoms with E-state index in [2.05, 4.69) is 23.5 Å². The molecule has 6 aliphatic rings. The van der Waals surface area contributed by atoms with Gasteiger partial charge in [0.05, 0.1) is 36.9 Å². The zero-order chi connectivity index (χ0) is 17.7. The number of quaternary nitrogens is 1. The summed E-state index contributed by atoms with van der Waals surface area (Å²) < 4.78 is 5.28. The molecule has 5 fully saturated rings. The Morgan fingerprint density at radius 2 is 2.12 bits per heavy atom.